The van der Waals surface area contributed by atoms with Gasteiger partial charge in [0.2, 0.25) is 0 Å². The Morgan fingerprint density at radius 1 is 1.25 bits per heavy atom. The molecule has 12 heavy (non-hydrogen) atoms. The molecule has 2 aromatic rings. The first-order valence-corrected chi connectivity index (χ1v) is 4.89. The fourth-order valence-electron chi connectivity index (χ4n) is 1.32. The summed E-state index contributed by atoms with van der Waals surface area (Å²) in [5.74, 6) is 0. The first-order chi connectivity index (χ1) is 5.90. The van der Waals surface area contributed by atoms with Gasteiger partial charge in [-0.3, -0.25) is 0 Å². The van der Waals surface area contributed by atoms with Gasteiger partial charge >= 0.3 is 0 Å². The smallest absolute Gasteiger partial charge is 0.147 e. The largest absolute Gasteiger partial charge is 0.445 e. The molecule has 0 unspecified atom stereocenters. The van der Waals surface area contributed by atoms with E-state index in [-0.39, 0.29) is 0 Å². The maximum Gasteiger partial charge on any atom is 0.147 e. The van der Waals surface area contributed by atoms with Crippen LogP contribution in [0.4, 0.5) is 0 Å². The van der Waals surface area contributed by atoms with Gasteiger partial charge in [0, 0.05) is 11.1 Å². The highest BCUT2D eigenvalue weighted by Gasteiger charge is 1.97. The summed E-state index contributed by atoms with van der Waals surface area (Å²) < 4.78 is 1.34. The van der Waals surface area contributed by atoms with Crippen molar-refractivity contribution in [3.63, 3.8) is 0 Å². The second-order valence-electron chi connectivity index (χ2n) is 2.79. The van der Waals surface area contributed by atoms with Crippen LogP contribution in [0.2, 0.25) is 0 Å². The van der Waals surface area contributed by atoms with Crippen molar-refractivity contribution >= 4 is 21.4 Å². The monoisotopic (exact) mass is 179 g/mol. The Bertz CT molecular complexity index is 378. The third kappa shape index (κ3) is 1.36. The fourth-order valence-corrected chi connectivity index (χ4v) is 2.09. The molecule has 2 heteroatoms. The predicted octanol–water partition coefficient (Wildman–Crippen LogP) is 2.17. The molecule has 1 aromatic heterocycles. The van der Waals surface area contributed by atoms with Crippen molar-refractivity contribution in [3.05, 3.63) is 35.2 Å². The number of thiophene rings is 1. The van der Waals surface area contributed by atoms with Crippen molar-refractivity contribution in [2.75, 3.05) is 6.61 Å². The van der Waals surface area contributed by atoms with Crippen LogP contribution in [0.1, 0.15) is 5.56 Å². The molecule has 0 bridgehead atoms. The van der Waals surface area contributed by atoms with E-state index in [1.165, 1.54) is 15.6 Å². The lowest BCUT2D eigenvalue weighted by Gasteiger charge is -1.95. The first kappa shape index (κ1) is 7.77. The summed E-state index contributed by atoms with van der Waals surface area (Å²) in [5, 5.41) is 10.5. The van der Waals surface area contributed by atoms with E-state index in [0.717, 1.165) is 6.42 Å². The SMILES string of the molecule is [OH2+]CCc1ccc2sccc2c1. The average molecular weight is 179 g/mol. The van der Waals surface area contributed by atoms with Crippen LogP contribution in [-0.2, 0) is 6.42 Å². The summed E-state index contributed by atoms with van der Waals surface area (Å²) in [6, 6.07) is 8.58. The molecule has 0 amide bonds. The standard InChI is InChI=1S/C10H10OS/c11-5-3-8-1-2-10-9(7-8)4-6-12-10/h1-2,4,6-7,11H,3,5H2/p+1. The van der Waals surface area contributed by atoms with E-state index in [1.807, 2.05) is 0 Å². The molecule has 1 nitrogen and oxygen atoms in total. The predicted molar refractivity (Wildman–Crippen MR) is 54.0 cm³/mol. The molecular formula is C10H11OS+. The van der Waals surface area contributed by atoms with E-state index in [1.54, 1.807) is 11.3 Å². The highest BCUT2D eigenvalue weighted by molar-refractivity contribution is 7.17. The number of rotatable bonds is 2. The maximum atomic E-state index is 7.11. The van der Waals surface area contributed by atoms with Crippen molar-refractivity contribution in [2.24, 2.45) is 0 Å². The Morgan fingerprint density at radius 2 is 2.17 bits per heavy atom. The highest BCUT2D eigenvalue weighted by atomic mass is 32.1. The van der Waals surface area contributed by atoms with Gasteiger partial charge in [-0.05, 0) is 28.5 Å². The summed E-state index contributed by atoms with van der Waals surface area (Å²) in [5.41, 5.74) is 1.27. The van der Waals surface area contributed by atoms with Gasteiger partial charge in [0.25, 0.3) is 0 Å². The van der Waals surface area contributed by atoms with E-state index in [2.05, 4.69) is 29.6 Å². The second kappa shape index (κ2) is 3.25. The average Bonchev–Trinajstić information content (AvgIpc) is 2.51. The zero-order valence-corrected chi connectivity index (χ0v) is 7.53. The van der Waals surface area contributed by atoms with Crippen molar-refractivity contribution < 1.29 is 5.11 Å². The van der Waals surface area contributed by atoms with Crippen molar-refractivity contribution in [1.82, 2.24) is 0 Å². The van der Waals surface area contributed by atoms with Crippen LogP contribution in [-0.4, -0.2) is 11.7 Å². The van der Waals surface area contributed by atoms with Gasteiger partial charge in [-0.2, -0.15) is 0 Å². The van der Waals surface area contributed by atoms with Crippen LogP contribution in [0.25, 0.3) is 10.1 Å². The molecule has 0 aliphatic rings. The van der Waals surface area contributed by atoms with Crippen LogP contribution in [0.5, 0.6) is 0 Å². The highest BCUT2D eigenvalue weighted by Crippen LogP contribution is 2.21. The molecule has 2 N–H and O–H groups in total. The summed E-state index contributed by atoms with van der Waals surface area (Å²) in [6.45, 7) is 0.482. The van der Waals surface area contributed by atoms with Crippen molar-refractivity contribution in [1.29, 1.82) is 0 Å². The third-order valence-electron chi connectivity index (χ3n) is 1.93. The summed E-state index contributed by atoms with van der Waals surface area (Å²) in [6.07, 6.45) is 0.867. The minimum Gasteiger partial charge on any atom is -0.445 e. The van der Waals surface area contributed by atoms with E-state index >= 15 is 0 Å². The molecule has 0 atom stereocenters. The van der Waals surface area contributed by atoms with Crippen LogP contribution < -0.4 is 0 Å². The van der Waals surface area contributed by atoms with Gasteiger partial charge in [0.05, 0.1) is 0 Å². The maximum absolute atomic E-state index is 7.11. The third-order valence-corrected chi connectivity index (χ3v) is 2.83. The topological polar surface area (TPSA) is 22.9 Å². The lowest BCUT2D eigenvalue weighted by molar-refractivity contribution is 0.299. The molecular weight excluding hydrogens is 168 g/mol. The molecule has 0 aliphatic carbocycles. The molecule has 0 radical (unpaired) electrons. The zero-order valence-electron chi connectivity index (χ0n) is 6.71. The van der Waals surface area contributed by atoms with Gasteiger partial charge in [-0.15, -0.1) is 11.3 Å². The Morgan fingerprint density at radius 3 is 3.00 bits per heavy atom. The molecule has 62 valence electrons. The summed E-state index contributed by atoms with van der Waals surface area (Å²) in [7, 11) is 0. The Labute approximate surface area is 75.3 Å². The summed E-state index contributed by atoms with van der Waals surface area (Å²) >= 11 is 1.77. The Hall–Kier alpha value is -0.860. The van der Waals surface area contributed by atoms with Crippen LogP contribution in [0.15, 0.2) is 29.6 Å². The number of hydrogen-bond donors (Lipinski definition) is 0. The van der Waals surface area contributed by atoms with E-state index in [4.69, 9.17) is 5.11 Å². The van der Waals surface area contributed by atoms with Gasteiger partial charge < -0.3 is 5.11 Å². The van der Waals surface area contributed by atoms with Gasteiger partial charge in [-0.25, -0.2) is 0 Å². The lowest BCUT2D eigenvalue weighted by Crippen LogP contribution is -1.88. The molecule has 2 rings (SSSR count). The Kier molecular flexibility index (Phi) is 2.11. The number of fused-ring (bicyclic) bond motifs is 1. The van der Waals surface area contributed by atoms with Crippen LogP contribution in [0.3, 0.4) is 0 Å². The number of hydrogen-bond acceptors (Lipinski definition) is 1. The van der Waals surface area contributed by atoms with Crippen LogP contribution >= 0.6 is 11.3 Å². The van der Waals surface area contributed by atoms with E-state index in [0.29, 0.717) is 6.61 Å². The fraction of sp³-hybridized carbons (Fsp3) is 0.200. The normalized spacial score (nSPS) is 10.8. The molecule has 0 saturated heterocycles. The summed E-state index contributed by atoms with van der Waals surface area (Å²) in [4.78, 5) is 0. The second-order valence-corrected chi connectivity index (χ2v) is 3.74. The molecule has 1 aromatic carbocycles. The minimum atomic E-state index is 0.482. The number of benzene rings is 1. The zero-order chi connectivity index (χ0) is 8.39. The molecule has 0 spiro atoms. The Balaban J connectivity index is 2.46. The van der Waals surface area contributed by atoms with E-state index in [9.17, 15) is 0 Å². The molecule has 1 heterocycles. The van der Waals surface area contributed by atoms with Crippen molar-refractivity contribution in [3.8, 4) is 0 Å². The first-order valence-electron chi connectivity index (χ1n) is 4.01. The van der Waals surface area contributed by atoms with Crippen LogP contribution in [0, 0.1) is 0 Å². The molecule has 0 aliphatic heterocycles. The van der Waals surface area contributed by atoms with Gasteiger partial charge in [0.15, 0.2) is 0 Å². The minimum absolute atomic E-state index is 0.482. The van der Waals surface area contributed by atoms with E-state index < -0.39 is 0 Å². The quantitative estimate of drug-likeness (QED) is 0.631. The van der Waals surface area contributed by atoms with Gasteiger partial charge in [-0.1, -0.05) is 12.1 Å². The van der Waals surface area contributed by atoms with Crippen molar-refractivity contribution in [2.45, 2.75) is 6.42 Å². The lowest BCUT2D eigenvalue weighted by atomic mass is 10.1. The molecule has 0 fully saturated rings. The molecule has 0 saturated carbocycles. The van der Waals surface area contributed by atoms with Gasteiger partial charge in [0.1, 0.15) is 6.61 Å².